The second-order valence-electron chi connectivity index (χ2n) is 8.14. The number of rotatable bonds is 2. The molecule has 7 nitrogen and oxygen atoms in total. The molecule has 0 fully saturated rings. The molecule has 28 heavy (non-hydrogen) atoms. The van der Waals surface area contributed by atoms with E-state index in [0.717, 1.165) is 27.8 Å². The van der Waals surface area contributed by atoms with Crippen LogP contribution in [0, 0.1) is 13.8 Å². The molecule has 8 heteroatoms. The Balaban J connectivity index is 1.69. The molecule has 0 bridgehead atoms. The molecule has 1 aromatic heterocycles. The molecule has 2 aliphatic heterocycles. The summed E-state index contributed by atoms with van der Waals surface area (Å²) in [5, 5.41) is 4.91. The highest BCUT2D eigenvalue weighted by Gasteiger charge is 2.41. The molecule has 2 atom stereocenters. The molecule has 3 heterocycles. The first-order chi connectivity index (χ1) is 13.2. The van der Waals surface area contributed by atoms with E-state index in [0.29, 0.717) is 5.76 Å². The molecule has 0 aliphatic carbocycles. The zero-order valence-corrected chi connectivity index (χ0v) is 17.6. The van der Waals surface area contributed by atoms with E-state index in [1.54, 1.807) is 6.34 Å². The maximum Gasteiger partial charge on any atom is 0.157 e. The fourth-order valence-corrected chi connectivity index (χ4v) is 4.58. The molecule has 148 valence electrons. The molecular formula is C20H26N6OS. The van der Waals surface area contributed by atoms with Gasteiger partial charge in [-0.15, -0.1) is 0 Å². The van der Waals surface area contributed by atoms with E-state index in [1.807, 2.05) is 23.6 Å². The molecule has 2 aromatic rings. The van der Waals surface area contributed by atoms with E-state index in [9.17, 15) is 0 Å². The van der Waals surface area contributed by atoms with Gasteiger partial charge >= 0.3 is 0 Å². The number of thioether (sulfide) groups is 1. The number of nitrogens with two attached hydrogens (primary N) is 2. The molecule has 4 N–H and O–H groups in total. The minimum atomic E-state index is -0.414. The van der Waals surface area contributed by atoms with Crippen molar-refractivity contribution in [3.05, 3.63) is 52.0 Å². The van der Waals surface area contributed by atoms with Gasteiger partial charge in [-0.05, 0) is 37.0 Å². The van der Waals surface area contributed by atoms with Crippen molar-refractivity contribution in [3.63, 3.8) is 0 Å². The van der Waals surface area contributed by atoms with Gasteiger partial charge < -0.3 is 25.8 Å². The first-order valence-corrected chi connectivity index (χ1v) is 10.1. The lowest BCUT2D eigenvalue weighted by molar-refractivity contribution is 0.393. The highest BCUT2D eigenvalue weighted by molar-refractivity contribution is 8.04. The lowest BCUT2D eigenvalue weighted by atomic mass is 9.87. The quantitative estimate of drug-likeness (QED) is 0.800. The number of hydrogen-bond donors (Lipinski definition) is 2. The number of aryl methyl sites for hydroxylation is 2. The Morgan fingerprint density at radius 3 is 2.36 bits per heavy atom. The Morgan fingerprint density at radius 2 is 1.79 bits per heavy atom. The minimum absolute atomic E-state index is 0.0985. The van der Waals surface area contributed by atoms with Crippen molar-refractivity contribution in [2.45, 2.75) is 51.7 Å². The largest absolute Gasteiger partial charge is 0.359 e. The summed E-state index contributed by atoms with van der Waals surface area (Å²) in [6.07, 6.45) is 1.37. The van der Waals surface area contributed by atoms with Gasteiger partial charge in [0.05, 0.1) is 12.0 Å². The van der Waals surface area contributed by atoms with Crippen LogP contribution < -0.4 is 21.3 Å². The van der Waals surface area contributed by atoms with Gasteiger partial charge in [0, 0.05) is 5.69 Å². The molecule has 0 saturated carbocycles. The van der Waals surface area contributed by atoms with Crippen molar-refractivity contribution < 1.29 is 4.52 Å². The van der Waals surface area contributed by atoms with Gasteiger partial charge in [-0.3, -0.25) is 0 Å². The van der Waals surface area contributed by atoms with Crippen molar-refractivity contribution in [3.8, 4) is 0 Å². The Bertz CT molecular complexity index is 937. The predicted octanol–water partition coefficient (Wildman–Crippen LogP) is 3.39. The van der Waals surface area contributed by atoms with E-state index in [4.69, 9.17) is 16.0 Å². The fraction of sp³-hybridized carbons (Fsp3) is 0.400. The second-order valence-corrected chi connectivity index (χ2v) is 9.24. The summed E-state index contributed by atoms with van der Waals surface area (Å²) in [4.78, 5) is 8.60. The van der Waals surface area contributed by atoms with Crippen LogP contribution in [0.5, 0.6) is 0 Å². The van der Waals surface area contributed by atoms with Crippen LogP contribution in [0.1, 0.15) is 37.8 Å². The van der Waals surface area contributed by atoms with E-state index < -0.39 is 6.17 Å². The maximum absolute atomic E-state index is 6.69. The summed E-state index contributed by atoms with van der Waals surface area (Å²) in [7, 11) is 0. The van der Waals surface area contributed by atoms with Gasteiger partial charge in [0.25, 0.3) is 0 Å². The first kappa shape index (κ1) is 19.0. The van der Waals surface area contributed by atoms with Gasteiger partial charge in [-0.25, -0.2) is 4.99 Å². The van der Waals surface area contributed by atoms with E-state index in [-0.39, 0.29) is 10.9 Å². The summed E-state index contributed by atoms with van der Waals surface area (Å²) in [6.45, 7) is 10.4. The zero-order chi connectivity index (χ0) is 20.2. The molecule has 2 unspecified atom stereocenters. The highest BCUT2D eigenvalue weighted by Crippen LogP contribution is 2.45. The topological polar surface area (TPSA) is 96.9 Å². The van der Waals surface area contributed by atoms with Crippen LogP contribution in [0.2, 0.25) is 0 Å². The number of aromatic nitrogens is 1. The Hall–Kier alpha value is -2.29. The third-order valence-corrected chi connectivity index (χ3v) is 6.10. The normalized spacial score (nSPS) is 22.2. The minimum Gasteiger partial charge on any atom is -0.359 e. The molecule has 1 aromatic carbocycles. The van der Waals surface area contributed by atoms with Crippen LogP contribution in [0.15, 0.2) is 44.5 Å². The van der Waals surface area contributed by atoms with Crippen LogP contribution in [-0.2, 0) is 5.41 Å². The number of anilines is 2. The Kier molecular flexibility index (Phi) is 4.52. The standard InChI is InChI=1S/C20H26N6OS/c1-11-15(12(2)27-24-11)26-16-17(21)25(10-23-18(16)28-19(26)22)14-8-6-13(7-9-14)20(3,4)5/h6-10,17,19H,21-22H2,1-5H3. The third-order valence-electron chi connectivity index (χ3n) is 5.11. The van der Waals surface area contributed by atoms with Crippen molar-refractivity contribution >= 4 is 29.5 Å². The summed E-state index contributed by atoms with van der Waals surface area (Å²) >= 11 is 1.49. The van der Waals surface area contributed by atoms with Crippen LogP contribution >= 0.6 is 11.8 Å². The lowest BCUT2D eigenvalue weighted by Crippen LogP contribution is -2.50. The van der Waals surface area contributed by atoms with Crippen LogP contribution in [-0.4, -0.2) is 23.2 Å². The summed E-state index contributed by atoms with van der Waals surface area (Å²) in [5.41, 5.74) is 17.7. The van der Waals surface area contributed by atoms with E-state index in [1.165, 1.54) is 17.3 Å². The third kappa shape index (κ3) is 3.01. The average Bonchev–Trinajstić information content (AvgIpc) is 3.13. The summed E-state index contributed by atoms with van der Waals surface area (Å²) in [5.74, 6) is 0.713. The van der Waals surface area contributed by atoms with E-state index in [2.05, 4.69) is 55.2 Å². The lowest BCUT2D eigenvalue weighted by Gasteiger charge is -2.35. The fourth-order valence-electron chi connectivity index (χ4n) is 3.58. The summed E-state index contributed by atoms with van der Waals surface area (Å²) < 4.78 is 5.36. The number of nitrogens with zero attached hydrogens (tertiary/aromatic N) is 4. The van der Waals surface area contributed by atoms with Gasteiger partial charge in [-0.1, -0.05) is 49.8 Å². The van der Waals surface area contributed by atoms with Gasteiger partial charge in [0.1, 0.15) is 28.1 Å². The number of benzene rings is 1. The zero-order valence-electron chi connectivity index (χ0n) is 16.8. The Labute approximate surface area is 169 Å². The van der Waals surface area contributed by atoms with Crippen molar-refractivity contribution in [2.24, 2.45) is 16.5 Å². The molecule has 0 radical (unpaired) electrons. The van der Waals surface area contributed by atoms with Gasteiger partial charge in [-0.2, -0.15) is 0 Å². The van der Waals surface area contributed by atoms with Crippen LogP contribution in [0.3, 0.4) is 0 Å². The number of hydrogen-bond acceptors (Lipinski definition) is 8. The molecule has 2 aliphatic rings. The molecule has 0 saturated heterocycles. The van der Waals surface area contributed by atoms with Crippen LogP contribution in [0.4, 0.5) is 11.4 Å². The highest BCUT2D eigenvalue weighted by atomic mass is 32.2. The van der Waals surface area contributed by atoms with Crippen LogP contribution in [0.25, 0.3) is 0 Å². The monoisotopic (exact) mass is 398 g/mol. The molecule has 4 rings (SSSR count). The first-order valence-electron chi connectivity index (χ1n) is 9.25. The molecule has 0 spiro atoms. The number of aliphatic imine (C=N–C) groups is 1. The maximum atomic E-state index is 6.69. The van der Waals surface area contributed by atoms with Crippen molar-refractivity contribution in [1.29, 1.82) is 0 Å². The van der Waals surface area contributed by atoms with Gasteiger partial charge in [0.2, 0.25) is 0 Å². The second kappa shape index (κ2) is 6.65. The molecular weight excluding hydrogens is 372 g/mol. The predicted molar refractivity (Wildman–Crippen MR) is 115 cm³/mol. The smallest absolute Gasteiger partial charge is 0.157 e. The van der Waals surface area contributed by atoms with Crippen molar-refractivity contribution in [1.82, 2.24) is 5.16 Å². The Morgan fingerprint density at radius 1 is 1.11 bits per heavy atom. The van der Waals surface area contributed by atoms with E-state index >= 15 is 0 Å². The van der Waals surface area contributed by atoms with Gasteiger partial charge in [0.15, 0.2) is 5.76 Å². The summed E-state index contributed by atoms with van der Waals surface area (Å²) in [6, 6.07) is 8.45. The SMILES string of the molecule is Cc1noc(C)c1N1C2=C(N=CN(c3ccc(C(C)(C)C)cc3)C2N)SC1N. The average molecular weight is 399 g/mol. The van der Waals surface area contributed by atoms with Crippen molar-refractivity contribution in [2.75, 3.05) is 9.80 Å². The molecule has 0 amide bonds.